The van der Waals surface area contributed by atoms with Crippen molar-refractivity contribution in [1.29, 1.82) is 0 Å². The molecule has 2 heterocycles. The molecule has 0 radical (unpaired) electrons. The number of hydrogen-bond donors (Lipinski definition) is 3. The van der Waals surface area contributed by atoms with E-state index in [1.54, 1.807) is 88.5 Å². The summed E-state index contributed by atoms with van der Waals surface area (Å²) in [4.78, 5) is 47.4. The summed E-state index contributed by atoms with van der Waals surface area (Å²) >= 11 is 6.37. The van der Waals surface area contributed by atoms with E-state index in [-0.39, 0.29) is 16.2 Å². The molecular weight excluding hydrogens is 508 g/mol. The van der Waals surface area contributed by atoms with Crippen LogP contribution in [0.2, 0.25) is 5.02 Å². The lowest BCUT2D eigenvalue weighted by atomic mass is 10.2. The lowest BCUT2D eigenvalue weighted by molar-refractivity contribution is 0.0505. The van der Waals surface area contributed by atoms with E-state index >= 15 is 0 Å². The van der Waals surface area contributed by atoms with Crippen LogP contribution in [-0.2, 0) is 4.74 Å². The first kappa shape index (κ1) is 26.6. The molecule has 3 amide bonds. The van der Waals surface area contributed by atoms with Crippen molar-refractivity contribution in [2.45, 2.75) is 39.3 Å². The van der Waals surface area contributed by atoms with Crippen LogP contribution in [-0.4, -0.2) is 32.3 Å². The van der Waals surface area contributed by atoms with Crippen LogP contribution in [0.4, 0.5) is 21.0 Å². The van der Waals surface area contributed by atoms with Gasteiger partial charge >= 0.3 is 12.1 Å². The van der Waals surface area contributed by atoms with Crippen LogP contribution in [0.1, 0.15) is 39.6 Å². The highest BCUT2D eigenvalue weighted by Crippen LogP contribution is 2.24. The molecule has 10 nitrogen and oxygen atoms in total. The van der Waals surface area contributed by atoms with E-state index in [1.165, 1.54) is 10.8 Å². The van der Waals surface area contributed by atoms with E-state index in [9.17, 15) is 14.4 Å². The van der Waals surface area contributed by atoms with Crippen molar-refractivity contribution in [3.05, 3.63) is 88.2 Å². The zero-order chi connectivity index (χ0) is 27.4. The molecule has 0 saturated heterocycles. The summed E-state index contributed by atoms with van der Waals surface area (Å²) in [7, 11) is 0. The minimum atomic E-state index is -0.716. The van der Waals surface area contributed by atoms with E-state index < -0.39 is 29.3 Å². The number of hydrogen-bond acceptors (Lipinski definition) is 6. The average Bonchev–Trinajstić information content (AvgIpc) is 2.83. The number of benzene rings is 2. The number of nitrogens with zero attached hydrogens (tertiary/aromatic N) is 3. The van der Waals surface area contributed by atoms with Gasteiger partial charge in [0.25, 0.3) is 5.56 Å². The van der Waals surface area contributed by atoms with E-state index in [0.29, 0.717) is 22.6 Å². The lowest BCUT2D eigenvalue weighted by Crippen LogP contribution is -2.37. The number of rotatable bonds is 5. The number of ether oxygens (including phenoxy) is 1. The first-order valence-corrected chi connectivity index (χ1v) is 12.2. The molecule has 0 aliphatic carbocycles. The lowest BCUT2D eigenvalue weighted by Gasteiger charge is -2.23. The molecule has 0 unspecified atom stereocenters. The number of alkyl carbamates (subject to hydrolysis) is 1. The number of amides is 3. The molecule has 196 valence electrons. The van der Waals surface area contributed by atoms with Gasteiger partial charge in [-0.05, 0) is 70.2 Å². The minimum absolute atomic E-state index is 0.232. The summed E-state index contributed by atoms with van der Waals surface area (Å²) in [6.07, 6.45) is 2.47. The summed E-state index contributed by atoms with van der Waals surface area (Å²) in [6, 6.07) is 13.9. The smallest absolute Gasteiger partial charge is 0.408 e. The fourth-order valence-electron chi connectivity index (χ4n) is 3.75. The van der Waals surface area contributed by atoms with Crippen LogP contribution < -0.4 is 21.5 Å². The molecule has 2 aromatic heterocycles. The molecule has 4 aromatic rings. The first-order chi connectivity index (χ1) is 18.0. The number of anilines is 2. The molecule has 1 atom stereocenters. The van der Waals surface area contributed by atoms with Gasteiger partial charge in [-0.1, -0.05) is 23.7 Å². The predicted molar refractivity (Wildman–Crippen MR) is 147 cm³/mol. The molecule has 0 spiro atoms. The molecule has 38 heavy (non-hydrogen) atoms. The largest absolute Gasteiger partial charge is 0.444 e. The van der Waals surface area contributed by atoms with Crippen LogP contribution in [0, 0.1) is 0 Å². The summed E-state index contributed by atoms with van der Waals surface area (Å²) < 4.78 is 6.74. The highest BCUT2D eigenvalue weighted by molar-refractivity contribution is 6.35. The van der Waals surface area contributed by atoms with Gasteiger partial charge in [-0.25, -0.2) is 14.6 Å². The Labute approximate surface area is 224 Å². The van der Waals surface area contributed by atoms with Crippen molar-refractivity contribution in [3.8, 4) is 5.69 Å². The van der Waals surface area contributed by atoms with Gasteiger partial charge in [-0.2, -0.15) is 0 Å². The summed E-state index contributed by atoms with van der Waals surface area (Å²) in [5.41, 5.74) is 0.617. The number of urea groups is 1. The fourth-order valence-corrected chi connectivity index (χ4v) is 4.00. The highest BCUT2D eigenvalue weighted by atomic mass is 35.5. The van der Waals surface area contributed by atoms with Gasteiger partial charge in [0.05, 0.1) is 39.5 Å². The third-order valence-corrected chi connectivity index (χ3v) is 5.59. The molecule has 11 heteroatoms. The van der Waals surface area contributed by atoms with Crippen molar-refractivity contribution < 1.29 is 14.3 Å². The molecule has 3 N–H and O–H groups in total. The molecule has 0 aliphatic rings. The molecular formula is C27H27ClN6O4. The normalized spacial score (nSPS) is 12.0. The number of fused-ring (bicyclic) bond motifs is 1. The predicted octanol–water partition coefficient (Wildman–Crippen LogP) is 5.66. The number of carbonyl (C=O) groups is 2. The molecule has 0 bridgehead atoms. The Morgan fingerprint density at radius 2 is 1.74 bits per heavy atom. The fraction of sp³-hybridized carbons (Fsp3) is 0.222. The molecule has 4 rings (SSSR count). The average molecular weight is 535 g/mol. The Morgan fingerprint density at radius 1 is 1.03 bits per heavy atom. The quantitative estimate of drug-likeness (QED) is 0.303. The van der Waals surface area contributed by atoms with Gasteiger partial charge in [0.2, 0.25) is 0 Å². The van der Waals surface area contributed by atoms with Gasteiger partial charge in [0, 0.05) is 11.9 Å². The number of carbonyl (C=O) groups excluding carboxylic acids is 2. The van der Waals surface area contributed by atoms with Crippen LogP contribution in [0.25, 0.3) is 16.6 Å². The summed E-state index contributed by atoms with van der Waals surface area (Å²) in [5, 5.41) is 8.66. The maximum absolute atomic E-state index is 13.8. The van der Waals surface area contributed by atoms with Gasteiger partial charge in [0.1, 0.15) is 11.4 Å². The Hall–Kier alpha value is -4.44. The van der Waals surface area contributed by atoms with Gasteiger partial charge in [-0.15, -0.1) is 0 Å². The third-order valence-electron chi connectivity index (χ3n) is 5.27. The van der Waals surface area contributed by atoms with Gasteiger partial charge in [0.15, 0.2) is 0 Å². The standard InChI is InChI=1S/C27H27ClN6O4/c1-16(30-26(37)38-27(2,3)4)23-33-21-12-6-11-20(28)22(21)24(35)34(23)19-10-5-8-17(14-19)31-25(36)32-18-9-7-13-29-15-18/h5-16H,1-4H3,(H,30,37)(H2,31,32,36)/t16-/m0/s1. The monoisotopic (exact) mass is 534 g/mol. The second-order valence-electron chi connectivity index (χ2n) is 9.48. The maximum atomic E-state index is 13.8. The number of halogens is 1. The Balaban J connectivity index is 1.74. The summed E-state index contributed by atoms with van der Waals surface area (Å²) in [6.45, 7) is 6.97. The van der Waals surface area contributed by atoms with E-state index in [0.717, 1.165) is 0 Å². The first-order valence-electron chi connectivity index (χ1n) is 11.8. The van der Waals surface area contributed by atoms with Crippen molar-refractivity contribution >= 4 is 46.0 Å². The molecule has 0 fully saturated rings. The highest BCUT2D eigenvalue weighted by Gasteiger charge is 2.23. The zero-order valence-electron chi connectivity index (χ0n) is 21.3. The van der Waals surface area contributed by atoms with Crippen LogP contribution >= 0.6 is 11.6 Å². The summed E-state index contributed by atoms with van der Waals surface area (Å²) in [5.74, 6) is 0.257. The molecule has 0 aliphatic heterocycles. The number of aromatic nitrogens is 3. The van der Waals surface area contributed by atoms with E-state index in [4.69, 9.17) is 16.3 Å². The third kappa shape index (κ3) is 6.27. The van der Waals surface area contributed by atoms with Crippen molar-refractivity contribution in [2.24, 2.45) is 0 Å². The van der Waals surface area contributed by atoms with Crippen LogP contribution in [0.15, 0.2) is 71.8 Å². The van der Waals surface area contributed by atoms with Crippen molar-refractivity contribution in [2.75, 3.05) is 10.6 Å². The second kappa shape index (κ2) is 10.9. The van der Waals surface area contributed by atoms with E-state index in [1.807, 2.05) is 0 Å². The topological polar surface area (TPSA) is 127 Å². The SMILES string of the molecule is C[C@H](NC(=O)OC(C)(C)C)c1nc2cccc(Cl)c2c(=O)n1-c1cccc(NC(=O)Nc2cccnc2)c1. The Kier molecular flexibility index (Phi) is 7.63. The van der Waals surface area contributed by atoms with Gasteiger partial charge < -0.3 is 20.7 Å². The van der Waals surface area contributed by atoms with Gasteiger partial charge in [-0.3, -0.25) is 14.3 Å². The minimum Gasteiger partial charge on any atom is -0.444 e. The Bertz CT molecular complexity index is 1550. The molecule has 0 saturated carbocycles. The van der Waals surface area contributed by atoms with Crippen molar-refractivity contribution in [3.63, 3.8) is 0 Å². The van der Waals surface area contributed by atoms with Crippen LogP contribution in [0.3, 0.4) is 0 Å². The Morgan fingerprint density at radius 3 is 2.45 bits per heavy atom. The molecule has 2 aromatic carbocycles. The van der Waals surface area contributed by atoms with E-state index in [2.05, 4.69) is 25.9 Å². The van der Waals surface area contributed by atoms with Crippen molar-refractivity contribution in [1.82, 2.24) is 19.9 Å². The second-order valence-corrected chi connectivity index (χ2v) is 9.89. The zero-order valence-corrected chi connectivity index (χ0v) is 22.0. The number of pyridine rings is 1. The maximum Gasteiger partial charge on any atom is 0.408 e. The number of nitrogens with one attached hydrogen (secondary N) is 3. The van der Waals surface area contributed by atoms with Crippen LogP contribution in [0.5, 0.6) is 0 Å².